The van der Waals surface area contributed by atoms with Gasteiger partial charge in [-0.25, -0.2) is 4.79 Å². The topological polar surface area (TPSA) is 93.4 Å². The summed E-state index contributed by atoms with van der Waals surface area (Å²) in [7, 11) is 0. The number of benzene rings is 3. The molecule has 0 amide bonds. The average molecular weight is 468 g/mol. The standard InChI is InChI=1S/C23H15Cl2N3O4/c24-15-5-2-8-18(11-15)28-22(29)21(27-17-7-1-4-14(10-17)23(30)31)20(13-26-28)32-19-9-3-6-16(25)12-19/h1-13,27H,(H,30,31). The third-order valence-electron chi connectivity index (χ3n) is 4.40. The van der Waals surface area contributed by atoms with Gasteiger partial charge in [0.25, 0.3) is 5.56 Å². The molecule has 0 bridgehead atoms. The van der Waals surface area contributed by atoms with E-state index in [0.29, 0.717) is 27.2 Å². The van der Waals surface area contributed by atoms with Crippen molar-refractivity contribution in [3.05, 3.63) is 105 Å². The lowest BCUT2D eigenvalue weighted by Gasteiger charge is -2.15. The van der Waals surface area contributed by atoms with Crippen LogP contribution in [0.2, 0.25) is 10.0 Å². The highest BCUT2D eigenvalue weighted by atomic mass is 35.5. The number of anilines is 2. The second-order valence-corrected chi connectivity index (χ2v) is 7.52. The molecule has 0 unspecified atom stereocenters. The van der Waals surface area contributed by atoms with Crippen molar-refractivity contribution in [2.24, 2.45) is 0 Å². The number of carboxylic acids is 1. The first-order valence-corrected chi connectivity index (χ1v) is 10.1. The van der Waals surface area contributed by atoms with E-state index in [1.54, 1.807) is 60.7 Å². The van der Waals surface area contributed by atoms with Crippen LogP contribution < -0.4 is 15.6 Å². The van der Waals surface area contributed by atoms with E-state index in [4.69, 9.17) is 27.9 Å². The van der Waals surface area contributed by atoms with Crippen molar-refractivity contribution in [2.75, 3.05) is 5.32 Å². The molecule has 7 nitrogen and oxygen atoms in total. The van der Waals surface area contributed by atoms with Crippen LogP contribution >= 0.6 is 23.2 Å². The van der Waals surface area contributed by atoms with Crippen molar-refractivity contribution in [1.82, 2.24) is 9.78 Å². The summed E-state index contributed by atoms with van der Waals surface area (Å²) >= 11 is 12.1. The predicted molar refractivity (Wildman–Crippen MR) is 123 cm³/mol. The van der Waals surface area contributed by atoms with Crippen LogP contribution in [-0.4, -0.2) is 20.9 Å². The number of carboxylic acid groups (broad SMARTS) is 1. The molecule has 0 aliphatic carbocycles. The second-order valence-electron chi connectivity index (χ2n) is 6.65. The largest absolute Gasteiger partial charge is 0.478 e. The van der Waals surface area contributed by atoms with E-state index in [-0.39, 0.29) is 17.0 Å². The zero-order valence-electron chi connectivity index (χ0n) is 16.3. The third kappa shape index (κ3) is 4.74. The quantitative estimate of drug-likeness (QED) is 0.373. The van der Waals surface area contributed by atoms with Gasteiger partial charge in [-0.3, -0.25) is 4.79 Å². The minimum atomic E-state index is -1.09. The third-order valence-corrected chi connectivity index (χ3v) is 4.87. The Kier molecular flexibility index (Phi) is 6.11. The fourth-order valence-corrected chi connectivity index (χ4v) is 3.32. The summed E-state index contributed by atoms with van der Waals surface area (Å²) in [5.74, 6) is -0.548. The highest BCUT2D eigenvalue weighted by Crippen LogP contribution is 2.30. The van der Waals surface area contributed by atoms with Crippen molar-refractivity contribution in [1.29, 1.82) is 0 Å². The maximum Gasteiger partial charge on any atom is 0.335 e. The summed E-state index contributed by atoms with van der Waals surface area (Å²) in [6.07, 6.45) is 1.38. The Hall–Kier alpha value is -3.81. The highest BCUT2D eigenvalue weighted by molar-refractivity contribution is 6.31. The van der Waals surface area contributed by atoms with Gasteiger partial charge in [0.05, 0.1) is 17.4 Å². The van der Waals surface area contributed by atoms with Crippen molar-refractivity contribution in [3.8, 4) is 17.2 Å². The first kappa shape index (κ1) is 21.4. The molecule has 160 valence electrons. The Morgan fingerprint density at radius 3 is 2.41 bits per heavy atom. The number of ether oxygens (including phenoxy) is 1. The van der Waals surface area contributed by atoms with Gasteiger partial charge in [0, 0.05) is 15.7 Å². The van der Waals surface area contributed by atoms with Crippen molar-refractivity contribution in [2.45, 2.75) is 0 Å². The van der Waals surface area contributed by atoms with Gasteiger partial charge in [0.2, 0.25) is 0 Å². The summed E-state index contributed by atoms with van der Waals surface area (Å²) in [4.78, 5) is 24.7. The van der Waals surface area contributed by atoms with Crippen molar-refractivity contribution < 1.29 is 14.6 Å². The van der Waals surface area contributed by atoms with Crippen LogP contribution in [0.4, 0.5) is 11.4 Å². The lowest BCUT2D eigenvalue weighted by Crippen LogP contribution is -2.24. The number of aromatic nitrogens is 2. The van der Waals surface area contributed by atoms with E-state index in [9.17, 15) is 14.7 Å². The fourth-order valence-electron chi connectivity index (χ4n) is 2.95. The Labute approximate surface area is 192 Å². The Bertz CT molecular complexity index is 1370. The molecule has 32 heavy (non-hydrogen) atoms. The maximum atomic E-state index is 13.4. The number of nitrogens with one attached hydrogen (secondary N) is 1. The minimum Gasteiger partial charge on any atom is -0.478 e. The van der Waals surface area contributed by atoms with E-state index in [0.717, 1.165) is 0 Å². The Balaban J connectivity index is 1.82. The average Bonchev–Trinajstić information content (AvgIpc) is 2.76. The molecular weight excluding hydrogens is 453 g/mol. The lowest BCUT2D eigenvalue weighted by atomic mass is 10.2. The van der Waals surface area contributed by atoms with Gasteiger partial charge in [-0.2, -0.15) is 9.78 Å². The van der Waals surface area contributed by atoms with Gasteiger partial charge in [-0.1, -0.05) is 41.4 Å². The molecule has 1 aromatic heterocycles. The van der Waals surface area contributed by atoms with Gasteiger partial charge in [-0.05, 0) is 54.6 Å². The molecule has 2 N–H and O–H groups in total. The number of hydrogen-bond donors (Lipinski definition) is 2. The van der Waals surface area contributed by atoms with Crippen LogP contribution in [0.1, 0.15) is 10.4 Å². The van der Waals surface area contributed by atoms with Crippen LogP contribution in [0.15, 0.2) is 83.8 Å². The summed E-state index contributed by atoms with van der Waals surface area (Å²) in [5.41, 5.74) is 0.451. The Morgan fingerprint density at radius 2 is 1.69 bits per heavy atom. The summed E-state index contributed by atoms with van der Waals surface area (Å²) < 4.78 is 7.04. The van der Waals surface area contributed by atoms with Crippen molar-refractivity contribution >= 4 is 40.5 Å². The van der Waals surface area contributed by atoms with Crippen LogP contribution in [0.5, 0.6) is 11.5 Å². The smallest absolute Gasteiger partial charge is 0.335 e. The molecule has 0 aliphatic rings. The monoisotopic (exact) mass is 467 g/mol. The number of halogens is 2. The molecule has 0 atom stereocenters. The van der Waals surface area contributed by atoms with Gasteiger partial charge in [-0.15, -0.1) is 0 Å². The van der Waals surface area contributed by atoms with E-state index < -0.39 is 11.5 Å². The number of rotatable bonds is 6. The summed E-state index contributed by atoms with van der Waals surface area (Å²) in [5, 5.41) is 17.4. The van der Waals surface area contributed by atoms with Gasteiger partial charge in [0.1, 0.15) is 5.75 Å². The van der Waals surface area contributed by atoms with Gasteiger partial charge < -0.3 is 15.2 Å². The number of nitrogens with zero attached hydrogens (tertiary/aromatic N) is 2. The molecule has 0 saturated heterocycles. The van der Waals surface area contributed by atoms with Crippen LogP contribution in [-0.2, 0) is 0 Å². The zero-order chi connectivity index (χ0) is 22.7. The molecule has 9 heteroatoms. The SMILES string of the molecule is O=C(O)c1cccc(Nc2c(Oc3cccc(Cl)c3)cnn(-c3cccc(Cl)c3)c2=O)c1. The molecule has 0 radical (unpaired) electrons. The fraction of sp³-hybridized carbons (Fsp3) is 0. The molecule has 0 spiro atoms. The zero-order valence-corrected chi connectivity index (χ0v) is 17.8. The van der Waals surface area contributed by atoms with Crippen LogP contribution in [0.25, 0.3) is 5.69 Å². The molecule has 0 fully saturated rings. The normalized spacial score (nSPS) is 10.6. The summed E-state index contributed by atoms with van der Waals surface area (Å²) in [6.45, 7) is 0. The van der Waals surface area contributed by atoms with Crippen LogP contribution in [0, 0.1) is 0 Å². The maximum absolute atomic E-state index is 13.4. The predicted octanol–water partition coefficient (Wildman–Crippen LogP) is 5.77. The van der Waals surface area contributed by atoms with Gasteiger partial charge in [0.15, 0.2) is 11.4 Å². The molecule has 0 aliphatic heterocycles. The first-order chi connectivity index (χ1) is 15.4. The molecule has 1 heterocycles. The van der Waals surface area contributed by atoms with E-state index in [2.05, 4.69) is 10.4 Å². The van der Waals surface area contributed by atoms with Gasteiger partial charge >= 0.3 is 5.97 Å². The number of hydrogen-bond acceptors (Lipinski definition) is 5. The summed E-state index contributed by atoms with van der Waals surface area (Å²) in [6, 6.07) is 19.4. The van der Waals surface area contributed by atoms with E-state index in [1.165, 1.54) is 23.0 Å². The molecule has 3 aromatic carbocycles. The van der Waals surface area contributed by atoms with E-state index >= 15 is 0 Å². The molecule has 4 rings (SSSR count). The second kappa shape index (κ2) is 9.13. The molecule has 0 saturated carbocycles. The molecule has 4 aromatic rings. The van der Waals surface area contributed by atoms with E-state index in [1.807, 2.05) is 0 Å². The lowest BCUT2D eigenvalue weighted by molar-refractivity contribution is 0.0697. The molecular formula is C23H15Cl2N3O4. The van der Waals surface area contributed by atoms with Crippen molar-refractivity contribution in [3.63, 3.8) is 0 Å². The minimum absolute atomic E-state index is 0.0579. The number of aromatic carboxylic acids is 1. The number of carbonyl (C=O) groups is 1. The Morgan fingerprint density at radius 1 is 0.969 bits per heavy atom. The van der Waals surface area contributed by atoms with Crippen LogP contribution in [0.3, 0.4) is 0 Å². The first-order valence-electron chi connectivity index (χ1n) is 9.33. The highest BCUT2D eigenvalue weighted by Gasteiger charge is 2.16.